The summed E-state index contributed by atoms with van der Waals surface area (Å²) < 4.78 is 2.08. The number of amides is 3. The highest BCUT2D eigenvalue weighted by molar-refractivity contribution is 5.85. The molecule has 2 aromatic rings. The van der Waals surface area contributed by atoms with Crippen molar-refractivity contribution in [1.29, 1.82) is 0 Å². The largest absolute Gasteiger partial charge is 0.348 e. The van der Waals surface area contributed by atoms with Crippen LogP contribution in [0.4, 0.5) is 10.5 Å². The lowest BCUT2D eigenvalue weighted by molar-refractivity contribution is -0.384. The molecular weight excluding hydrogens is 398 g/mol. The number of hydrogen-bond acceptors (Lipinski definition) is 4. The van der Waals surface area contributed by atoms with Crippen molar-refractivity contribution in [1.82, 2.24) is 19.7 Å². The summed E-state index contributed by atoms with van der Waals surface area (Å²) in [5.74, 6) is -0.164. The van der Waals surface area contributed by atoms with Crippen LogP contribution in [-0.4, -0.2) is 56.4 Å². The Labute approximate surface area is 181 Å². The van der Waals surface area contributed by atoms with Crippen LogP contribution in [-0.2, 0) is 11.3 Å². The Morgan fingerprint density at radius 2 is 1.84 bits per heavy atom. The number of nitrogens with zero attached hydrogens (tertiary/aromatic N) is 4. The highest BCUT2D eigenvalue weighted by Gasteiger charge is 2.34. The van der Waals surface area contributed by atoms with Crippen LogP contribution in [0.5, 0.6) is 0 Å². The number of non-ortho nitro benzene ring substituents is 1. The molecule has 0 aliphatic carbocycles. The van der Waals surface area contributed by atoms with Gasteiger partial charge >= 0.3 is 6.03 Å². The van der Waals surface area contributed by atoms with Crippen LogP contribution in [0.2, 0.25) is 0 Å². The van der Waals surface area contributed by atoms with Gasteiger partial charge in [0.15, 0.2) is 0 Å². The minimum absolute atomic E-state index is 0.00385. The molecule has 1 N–H and O–H groups in total. The van der Waals surface area contributed by atoms with Crippen LogP contribution >= 0.6 is 0 Å². The van der Waals surface area contributed by atoms with Crippen molar-refractivity contribution in [2.45, 2.75) is 52.4 Å². The first-order valence-corrected chi connectivity index (χ1v) is 10.4. The second-order valence-electron chi connectivity index (χ2n) is 8.29. The Kier molecular flexibility index (Phi) is 6.62. The van der Waals surface area contributed by atoms with Gasteiger partial charge in [0, 0.05) is 49.2 Å². The Morgan fingerprint density at radius 3 is 2.42 bits per heavy atom. The second kappa shape index (κ2) is 9.20. The fraction of sp³-hybridized carbons (Fsp3) is 0.455. The van der Waals surface area contributed by atoms with Gasteiger partial charge in [-0.15, -0.1) is 0 Å². The van der Waals surface area contributed by atoms with Gasteiger partial charge in [-0.3, -0.25) is 14.9 Å². The van der Waals surface area contributed by atoms with Crippen molar-refractivity contribution >= 4 is 17.6 Å². The van der Waals surface area contributed by atoms with E-state index in [-0.39, 0.29) is 42.3 Å². The maximum absolute atomic E-state index is 13.4. The van der Waals surface area contributed by atoms with Crippen LogP contribution in [0.1, 0.15) is 45.0 Å². The van der Waals surface area contributed by atoms with Crippen molar-refractivity contribution in [3.05, 3.63) is 64.0 Å². The van der Waals surface area contributed by atoms with Gasteiger partial charge in [-0.05, 0) is 57.5 Å². The van der Waals surface area contributed by atoms with Crippen LogP contribution in [0.3, 0.4) is 0 Å². The molecule has 3 rings (SSSR count). The van der Waals surface area contributed by atoms with Crippen molar-refractivity contribution in [2.24, 2.45) is 0 Å². The first-order valence-electron chi connectivity index (χ1n) is 10.4. The Hall–Kier alpha value is -3.36. The quantitative estimate of drug-likeness (QED) is 0.565. The molecule has 1 aliphatic heterocycles. The van der Waals surface area contributed by atoms with Crippen molar-refractivity contribution in [3.8, 4) is 0 Å². The van der Waals surface area contributed by atoms with Crippen molar-refractivity contribution in [2.75, 3.05) is 13.1 Å². The first-order chi connectivity index (χ1) is 14.7. The van der Waals surface area contributed by atoms with Gasteiger partial charge in [0.05, 0.1) is 11.0 Å². The average Bonchev–Trinajstić information content (AvgIpc) is 3.19. The van der Waals surface area contributed by atoms with Crippen LogP contribution in [0.15, 0.2) is 42.6 Å². The van der Waals surface area contributed by atoms with E-state index >= 15 is 0 Å². The molecule has 1 unspecified atom stereocenters. The summed E-state index contributed by atoms with van der Waals surface area (Å²) in [6.07, 6.45) is 1.96. The molecule has 2 heterocycles. The lowest BCUT2D eigenvalue weighted by Gasteiger charge is -2.39. The standard InChI is InChI=1S/C22H29N5O4/c1-15(2)23-22(29)26(16(3)4)14-20(28)25-13-12-24-11-5-6-19(24)21(25)17-7-9-18(10-8-17)27(30)31/h5-11,15-16,21H,12-14H2,1-4H3,(H,23,29). The molecule has 0 saturated carbocycles. The third kappa shape index (κ3) is 4.87. The monoisotopic (exact) mass is 427 g/mol. The summed E-state index contributed by atoms with van der Waals surface area (Å²) in [5.41, 5.74) is 1.74. The van der Waals surface area contributed by atoms with E-state index in [1.54, 1.807) is 17.0 Å². The molecule has 1 atom stereocenters. The van der Waals surface area contributed by atoms with Gasteiger partial charge in [-0.25, -0.2) is 4.79 Å². The number of aromatic nitrogens is 1. The van der Waals surface area contributed by atoms with E-state index in [1.807, 2.05) is 46.0 Å². The SMILES string of the molecule is CC(C)NC(=O)N(CC(=O)N1CCn2cccc2C1c1ccc([N+](=O)[O-])cc1)C(C)C. The normalized spacial score (nSPS) is 15.7. The third-order valence-corrected chi connectivity index (χ3v) is 5.38. The van der Waals surface area contributed by atoms with E-state index < -0.39 is 4.92 Å². The molecule has 0 bridgehead atoms. The molecule has 0 radical (unpaired) electrons. The summed E-state index contributed by atoms with van der Waals surface area (Å²) in [4.78, 5) is 39.9. The van der Waals surface area contributed by atoms with Gasteiger partial charge < -0.3 is 19.7 Å². The van der Waals surface area contributed by atoms with Crippen LogP contribution in [0.25, 0.3) is 0 Å². The van der Waals surface area contributed by atoms with E-state index in [1.165, 1.54) is 17.0 Å². The van der Waals surface area contributed by atoms with Crippen molar-refractivity contribution in [3.63, 3.8) is 0 Å². The zero-order valence-electron chi connectivity index (χ0n) is 18.3. The molecule has 0 spiro atoms. The van der Waals surface area contributed by atoms with Crippen LogP contribution in [0, 0.1) is 10.1 Å². The lowest BCUT2D eigenvalue weighted by Crippen LogP contribution is -2.52. The van der Waals surface area contributed by atoms with E-state index in [0.717, 1.165) is 11.3 Å². The van der Waals surface area contributed by atoms with Crippen LogP contribution < -0.4 is 5.32 Å². The molecule has 3 amide bonds. The predicted molar refractivity (Wildman–Crippen MR) is 117 cm³/mol. The Balaban J connectivity index is 1.89. The number of nitro benzene ring substituents is 1. The average molecular weight is 428 g/mol. The summed E-state index contributed by atoms with van der Waals surface area (Å²) in [6.45, 7) is 8.60. The summed E-state index contributed by atoms with van der Waals surface area (Å²) in [5, 5.41) is 13.9. The number of nitro groups is 1. The molecule has 31 heavy (non-hydrogen) atoms. The van der Waals surface area contributed by atoms with Gasteiger partial charge in [0.1, 0.15) is 6.54 Å². The van der Waals surface area contributed by atoms with Crippen molar-refractivity contribution < 1.29 is 14.5 Å². The topological polar surface area (TPSA) is 101 Å². The summed E-state index contributed by atoms with van der Waals surface area (Å²) in [6, 6.07) is 9.35. The number of carbonyl (C=O) groups is 2. The predicted octanol–water partition coefficient (Wildman–Crippen LogP) is 3.16. The molecule has 9 nitrogen and oxygen atoms in total. The molecule has 0 saturated heterocycles. The van der Waals surface area contributed by atoms with E-state index in [0.29, 0.717) is 13.1 Å². The molecule has 9 heteroatoms. The smallest absolute Gasteiger partial charge is 0.318 e. The molecule has 1 aromatic carbocycles. The van der Waals surface area contributed by atoms with E-state index in [9.17, 15) is 19.7 Å². The third-order valence-electron chi connectivity index (χ3n) is 5.38. The number of nitrogens with one attached hydrogen (secondary N) is 1. The van der Waals surface area contributed by atoms with E-state index in [4.69, 9.17) is 0 Å². The number of rotatable bonds is 6. The first kappa shape index (κ1) is 22.3. The van der Waals surface area contributed by atoms with Gasteiger partial charge in [-0.2, -0.15) is 0 Å². The number of carbonyl (C=O) groups excluding carboxylic acids is 2. The maximum atomic E-state index is 13.4. The molecule has 166 valence electrons. The number of urea groups is 1. The number of fused-ring (bicyclic) bond motifs is 1. The van der Waals surface area contributed by atoms with Gasteiger partial charge in [0.2, 0.25) is 5.91 Å². The number of hydrogen-bond donors (Lipinski definition) is 1. The fourth-order valence-electron chi connectivity index (χ4n) is 3.84. The fourth-order valence-corrected chi connectivity index (χ4v) is 3.84. The zero-order valence-corrected chi connectivity index (χ0v) is 18.3. The zero-order chi connectivity index (χ0) is 22.7. The highest BCUT2D eigenvalue weighted by Crippen LogP contribution is 2.33. The number of benzene rings is 1. The maximum Gasteiger partial charge on any atom is 0.318 e. The Bertz CT molecular complexity index is 951. The second-order valence-corrected chi connectivity index (χ2v) is 8.29. The molecular formula is C22H29N5O4. The molecule has 1 aromatic heterocycles. The van der Waals surface area contributed by atoms with Gasteiger partial charge in [0.25, 0.3) is 5.69 Å². The minimum atomic E-state index is -0.440. The minimum Gasteiger partial charge on any atom is -0.348 e. The highest BCUT2D eigenvalue weighted by atomic mass is 16.6. The lowest BCUT2D eigenvalue weighted by atomic mass is 9.99. The Morgan fingerprint density at radius 1 is 1.16 bits per heavy atom. The van der Waals surface area contributed by atoms with Gasteiger partial charge in [-0.1, -0.05) is 0 Å². The molecule has 1 aliphatic rings. The molecule has 0 fully saturated rings. The van der Waals surface area contributed by atoms with E-state index in [2.05, 4.69) is 9.88 Å². The summed E-state index contributed by atoms with van der Waals surface area (Å²) >= 11 is 0. The summed E-state index contributed by atoms with van der Waals surface area (Å²) in [7, 11) is 0.